The summed E-state index contributed by atoms with van der Waals surface area (Å²) < 4.78 is 12.7. The van der Waals surface area contributed by atoms with Crippen molar-refractivity contribution in [1.82, 2.24) is 5.32 Å². The summed E-state index contributed by atoms with van der Waals surface area (Å²) in [5, 5.41) is 19.9. The Bertz CT molecular complexity index is 523. The SMILES string of the molecule is N#CCCCC[C@@H](NC(=O)Cc1ccc(F)cc1)C(=O)O. The predicted octanol–water partition coefficient (Wildman–Crippen LogP) is 2.02. The van der Waals surface area contributed by atoms with Crippen LogP contribution >= 0.6 is 0 Å². The average molecular weight is 292 g/mol. The highest BCUT2D eigenvalue weighted by molar-refractivity contribution is 5.84. The Kier molecular flexibility index (Phi) is 6.88. The first-order valence-corrected chi connectivity index (χ1v) is 6.66. The lowest BCUT2D eigenvalue weighted by Gasteiger charge is -2.14. The van der Waals surface area contributed by atoms with Crippen molar-refractivity contribution in [2.45, 2.75) is 38.1 Å². The molecule has 1 amide bonds. The van der Waals surface area contributed by atoms with Crippen molar-refractivity contribution in [2.24, 2.45) is 0 Å². The van der Waals surface area contributed by atoms with E-state index < -0.39 is 17.9 Å². The third kappa shape index (κ3) is 6.52. The van der Waals surface area contributed by atoms with E-state index in [0.717, 1.165) is 0 Å². The molecule has 0 aromatic heterocycles. The molecule has 0 fully saturated rings. The monoisotopic (exact) mass is 292 g/mol. The van der Waals surface area contributed by atoms with Gasteiger partial charge in [-0.1, -0.05) is 12.1 Å². The van der Waals surface area contributed by atoms with Crippen molar-refractivity contribution in [3.63, 3.8) is 0 Å². The summed E-state index contributed by atoms with van der Waals surface area (Å²) in [6, 6.07) is 6.49. The van der Waals surface area contributed by atoms with E-state index in [-0.39, 0.29) is 18.7 Å². The van der Waals surface area contributed by atoms with Crippen LogP contribution < -0.4 is 5.32 Å². The molecule has 112 valence electrons. The largest absolute Gasteiger partial charge is 0.480 e. The minimum atomic E-state index is -1.10. The van der Waals surface area contributed by atoms with E-state index in [1.807, 2.05) is 6.07 Å². The molecule has 0 bridgehead atoms. The number of carboxylic acids is 1. The molecule has 1 atom stereocenters. The second-order valence-electron chi connectivity index (χ2n) is 4.67. The maximum Gasteiger partial charge on any atom is 0.326 e. The molecule has 0 unspecified atom stereocenters. The predicted molar refractivity (Wildman–Crippen MR) is 73.8 cm³/mol. The summed E-state index contributed by atoms with van der Waals surface area (Å²) in [5.74, 6) is -1.91. The van der Waals surface area contributed by atoms with E-state index in [0.29, 0.717) is 24.8 Å². The van der Waals surface area contributed by atoms with Crippen molar-refractivity contribution < 1.29 is 19.1 Å². The first kappa shape index (κ1) is 16.6. The fourth-order valence-corrected chi connectivity index (χ4v) is 1.84. The molecule has 21 heavy (non-hydrogen) atoms. The number of halogens is 1. The molecular weight excluding hydrogens is 275 g/mol. The molecule has 0 spiro atoms. The van der Waals surface area contributed by atoms with Gasteiger partial charge in [0.1, 0.15) is 11.9 Å². The molecule has 5 nitrogen and oxygen atoms in total. The number of nitriles is 1. The molecule has 1 aromatic carbocycles. The summed E-state index contributed by atoms with van der Waals surface area (Å²) in [5.41, 5.74) is 0.613. The molecule has 1 aromatic rings. The van der Waals surface area contributed by atoms with Crippen LogP contribution in [-0.2, 0) is 16.0 Å². The van der Waals surface area contributed by atoms with Gasteiger partial charge in [0.15, 0.2) is 0 Å². The van der Waals surface area contributed by atoms with Crippen LogP contribution in [0.2, 0.25) is 0 Å². The minimum Gasteiger partial charge on any atom is -0.480 e. The molecule has 0 aliphatic carbocycles. The van der Waals surface area contributed by atoms with E-state index in [2.05, 4.69) is 5.32 Å². The summed E-state index contributed by atoms with van der Waals surface area (Å²) in [6.07, 6.45) is 1.82. The summed E-state index contributed by atoms with van der Waals surface area (Å²) in [7, 11) is 0. The number of nitrogens with zero attached hydrogens (tertiary/aromatic N) is 1. The lowest BCUT2D eigenvalue weighted by Crippen LogP contribution is -2.41. The summed E-state index contributed by atoms with van der Waals surface area (Å²) in [6.45, 7) is 0. The number of nitrogens with one attached hydrogen (secondary N) is 1. The number of unbranched alkanes of at least 4 members (excludes halogenated alkanes) is 2. The van der Waals surface area contributed by atoms with Crippen molar-refractivity contribution in [3.05, 3.63) is 35.6 Å². The Morgan fingerprint density at radius 3 is 2.52 bits per heavy atom. The zero-order valence-corrected chi connectivity index (χ0v) is 11.5. The van der Waals surface area contributed by atoms with E-state index in [1.165, 1.54) is 24.3 Å². The normalized spacial score (nSPS) is 11.4. The number of hydrogen-bond donors (Lipinski definition) is 2. The summed E-state index contributed by atoms with van der Waals surface area (Å²) in [4.78, 5) is 22.8. The molecule has 0 radical (unpaired) electrons. The Labute approximate surface area is 122 Å². The number of amides is 1. The van der Waals surface area contributed by atoms with Crippen LogP contribution in [0.3, 0.4) is 0 Å². The fraction of sp³-hybridized carbons (Fsp3) is 0.400. The molecule has 2 N–H and O–H groups in total. The highest BCUT2D eigenvalue weighted by atomic mass is 19.1. The number of hydrogen-bond acceptors (Lipinski definition) is 3. The van der Waals surface area contributed by atoms with Crippen LogP contribution in [0, 0.1) is 17.1 Å². The lowest BCUT2D eigenvalue weighted by molar-refractivity contribution is -0.142. The number of carbonyl (C=O) groups excluding carboxylic acids is 1. The average Bonchev–Trinajstić information content (AvgIpc) is 2.44. The van der Waals surface area contributed by atoms with Crippen molar-refractivity contribution >= 4 is 11.9 Å². The quantitative estimate of drug-likeness (QED) is 0.717. The van der Waals surface area contributed by atoms with Crippen molar-refractivity contribution in [1.29, 1.82) is 5.26 Å². The number of rotatable bonds is 8. The standard InChI is InChI=1S/C15H17FN2O3/c16-12-7-5-11(6-8-12)10-14(19)18-13(15(20)21)4-2-1-3-9-17/h5-8,13H,1-4,10H2,(H,18,19)(H,20,21)/t13-/m1/s1. The highest BCUT2D eigenvalue weighted by Crippen LogP contribution is 2.06. The third-order valence-electron chi connectivity index (χ3n) is 2.94. The topological polar surface area (TPSA) is 90.2 Å². The van der Waals surface area contributed by atoms with Crippen LogP contribution in [0.5, 0.6) is 0 Å². The van der Waals surface area contributed by atoms with Gasteiger partial charge in [0.25, 0.3) is 0 Å². The molecule has 0 saturated heterocycles. The van der Waals surface area contributed by atoms with Gasteiger partial charge in [0.2, 0.25) is 5.91 Å². The van der Waals surface area contributed by atoms with Crippen LogP contribution in [0.25, 0.3) is 0 Å². The highest BCUT2D eigenvalue weighted by Gasteiger charge is 2.19. The number of carbonyl (C=O) groups is 2. The Balaban J connectivity index is 2.46. The molecular formula is C15H17FN2O3. The first-order valence-electron chi connectivity index (χ1n) is 6.66. The third-order valence-corrected chi connectivity index (χ3v) is 2.94. The van der Waals surface area contributed by atoms with Crippen LogP contribution in [0.4, 0.5) is 4.39 Å². The van der Waals surface area contributed by atoms with Crippen LogP contribution in [0.1, 0.15) is 31.2 Å². The maximum absolute atomic E-state index is 12.7. The van der Waals surface area contributed by atoms with Gasteiger partial charge in [-0.05, 0) is 37.0 Å². The van der Waals surface area contributed by atoms with Gasteiger partial charge in [-0.15, -0.1) is 0 Å². The first-order chi connectivity index (χ1) is 10.0. The van der Waals surface area contributed by atoms with Crippen LogP contribution in [0.15, 0.2) is 24.3 Å². The lowest BCUT2D eigenvalue weighted by atomic mass is 10.1. The van der Waals surface area contributed by atoms with Crippen molar-refractivity contribution in [2.75, 3.05) is 0 Å². The van der Waals surface area contributed by atoms with Gasteiger partial charge in [0.05, 0.1) is 12.5 Å². The van der Waals surface area contributed by atoms with E-state index >= 15 is 0 Å². The molecule has 6 heteroatoms. The Morgan fingerprint density at radius 1 is 1.29 bits per heavy atom. The van der Waals surface area contributed by atoms with E-state index in [9.17, 15) is 14.0 Å². The molecule has 0 aliphatic heterocycles. The van der Waals surface area contributed by atoms with Crippen molar-refractivity contribution in [3.8, 4) is 6.07 Å². The van der Waals surface area contributed by atoms with Gasteiger partial charge in [0, 0.05) is 6.42 Å². The maximum atomic E-state index is 12.7. The van der Waals surface area contributed by atoms with Crippen LogP contribution in [-0.4, -0.2) is 23.0 Å². The van der Waals surface area contributed by atoms with Gasteiger partial charge < -0.3 is 10.4 Å². The van der Waals surface area contributed by atoms with Gasteiger partial charge in [-0.3, -0.25) is 4.79 Å². The Morgan fingerprint density at radius 2 is 1.95 bits per heavy atom. The second-order valence-corrected chi connectivity index (χ2v) is 4.67. The van der Waals surface area contributed by atoms with E-state index in [1.54, 1.807) is 0 Å². The number of benzene rings is 1. The molecule has 0 saturated carbocycles. The minimum absolute atomic E-state index is 0.00224. The molecule has 0 aliphatic rings. The van der Waals surface area contributed by atoms with Gasteiger partial charge in [-0.25, -0.2) is 9.18 Å². The Hall–Kier alpha value is -2.42. The molecule has 0 heterocycles. The molecule has 1 rings (SSSR count). The van der Waals surface area contributed by atoms with Gasteiger partial charge in [-0.2, -0.15) is 5.26 Å². The zero-order valence-electron chi connectivity index (χ0n) is 11.5. The summed E-state index contributed by atoms with van der Waals surface area (Å²) >= 11 is 0. The number of carboxylic acid groups (broad SMARTS) is 1. The van der Waals surface area contributed by atoms with Gasteiger partial charge >= 0.3 is 5.97 Å². The zero-order chi connectivity index (χ0) is 15.7. The fourth-order valence-electron chi connectivity index (χ4n) is 1.84. The second kappa shape index (κ2) is 8.69. The number of aliphatic carboxylic acids is 1. The van der Waals surface area contributed by atoms with E-state index in [4.69, 9.17) is 10.4 Å². The smallest absolute Gasteiger partial charge is 0.326 e.